The van der Waals surface area contributed by atoms with Crippen LogP contribution >= 0.6 is 0 Å². The molecule has 136 valence electrons. The van der Waals surface area contributed by atoms with Crippen LogP contribution in [0.15, 0.2) is 41.5 Å². The van der Waals surface area contributed by atoms with E-state index in [2.05, 4.69) is 10.5 Å². The average Bonchev–Trinajstić information content (AvgIpc) is 2.61. The molecule has 0 aromatic heterocycles. The van der Waals surface area contributed by atoms with Crippen molar-refractivity contribution < 1.29 is 24.3 Å². The normalized spacial score (nSPS) is 10.5. The first-order valence-corrected chi connectivity index (χ1v) is 7.47. The molecule has 2 rings (SSSR count). The largest absolute Gasteiger partial charge is 0.502 e. The highest BCUT2D eigenvalue weighted by Crippen LogP contribution is 2.33. The van der Waals surface area contributed by atoms with Crippen LogP contribution in [0.3, 0.4) is 0 Å². The van der Waals surface area contributed by atoms with E-state index in [1.165, 1.54) is 13.2 Å². The van der Waals surface area contributed by atoms with Crippen LogP contribution in [0.4, 0.5) is 5.69 Å². The Balaban J connectivity index is 2.00. The number of nitrogens with zero attached hydrogens (tertiary/aromatic N) is 2. The Kier molecular flexibility index (Phi) is 6.10. The molecular weight excluding hydrogens is 342 g/mol. The highest BCUT2D eigenvalue weighted by molar-refractivity contribution is 5.88. The quantitative estimate of drug-likeness (QED) is 0.443. The fraction of sp³-hybridized carbons (Fsp3) is 0.176. The van der Waals surface area contributed by atoms with Crippen molar-refractivity contribution in [2.45, 2.75) is 6.92 Å². The predicted molar refractivity (Wildman–Crippen MR) is 93.7 cm³/mol. The number of aromatic hydroxyl groups is 1. The molecule has 0 bridgehead atoms. The Hall–Kier alpha value is -3.62. The molecule has 2 aromatic rings. The minimum atomic E-state index is -0.747. The second-order valence-corrected chi connectivity index (χ2v) is 5.24. The van der Waals surface area contributed by atoms with Crippen LogP contribution in [0.2, 0.25) is 0 Å². The van der Waals surface area contributed by atoms with E-state index in [-0.39, 0.29) is 17.9 Å². The number of phenolic OH excluding ortho intramolecular Hbond substituents is 1. The maximum atomic E-state index is 11.7. The molecule has 1 amide bonds. The van der Waals surface area contributed by atoms with Crippen molar-refractivity contribution in [2.75, 3.05) is 13.7 Å². The molecule has 0 aliphatic rings. The number of methoxy groups -OCH3 is 1. The Morgan fingerprint density at radius 2 is 2.12 bits per heavy atom. The number of aryl methyl sites for hydroxylation is 1. The molecule has 0 heterocycles. The van der Waals surface area contributed by atoms with Gasteiger partial charge in [-0.05, 0) is 30.7 Å². The lowest BCUT2D eigenvalue weighted by molar-refractivity contribution is -0.385. The van der Waals surface area contributed by atoms with E-state index >= 15 is 0 Å². The molecular formula is C17H17N3O6. The molecule has 2 aromatic carbocycles. The van der Waals surface area contributed by atoms with Crippen molar-refractivity contribution in [1.29, 1.82) is 0 Å². The standard InChI is InChI=1S/C17H17N3O6/c1-11-4-3-5-13(6-11)26-10-16(21)19-18-9-12-7-14(25-2)8-15(17(12)22)20(23)24/h3-9,22H,10H2,1-2H3,(H,19,21)/b18-9+. The van der Waals surface area contributed by atoms with Crippen LogP contribution in [0.1, 0.15) is 11.1 Å². The van der Waals surface area contributed by atoms with Gasteiger partial charge >= 0.3 is 5.69 Å². The molecule has 26 heavy (non-hydrogen) atoms. The van der Waals surface area contributed by atoms with Crippen LogP contribution in [-0.4, -0.2) is 35.9 Å². The van der Waals surface area contributed by atoms with Gasteiger partial charge in [-0.15, -0.1) is 0 Å². The third kappa shape index (κ3) is 4.94. The molecule has 0 unspecified atom stereocenters. The summed E-state index contributed by atoms with van der Waals surface area (Å²) < 4.78 is 10.3. The summed E-state index contributed by atoms with van der Waals surface area (Å²) in [6.45, 7) is 1.64. The summed E-state index contributed by atoms with van der Waals surface area (Å²) in [5, 5.41) is 24.5. The van der Waals surface area contributed by atoms with E-state index in [1.54, 1.807) is 18.2 Å². The van der Waals surface area contributed by atoms with Crippen molar-refractivity contribution in [1.82, 2.24) is 5.43 Å². The summed E-state index contributed by atoms with van der Waals surface area (Å²) in [5.74, 6) is -0.389. The number of benzene rings is 2. The van der Waals surface area contributed by atoms with Crippen molar-refractivity contribution in [3.05, 3.63) is 57.6 Å². The average molecular weight is 359 g/mol. The lowest BCUT2D eigenvalue weighted by atomic mass is 10.1. The summed E-state index contributed by atoms with van der Waals surface area (Å²) >= 11 is 0. The summed E-state index contributed by atoms with van der Waals surface area (Å²) in [6, 6.07) is 9.64. The molecule has 9 nitrogen and oxygen atoms in total. The van der Waals surface area contributed by atoms with Crippen LogP contribution in [0, 0.1) is 17.0 Å². The number of hydrogen-bond acceptors (Lipinski definition) is 7. The number of rotatable bonds is 7. The fourth-order valence-electron chi connectivity index (χ4n) is 2.03. The van der Waals surface area contributed by atoms with Crippen LogP contribution < -0.4 is 14.9 Å². The van der Waals surface area contributed by atoms with Crippen molar-refractivity contribution in [2.24, 2.45) is 5.10 Å². The first-order chi connectivity index (χ1) is 12.4. The minimum absolute atomic E-state index is 0.0240. The zero-order chi connectivity index (χ0) is 19.1. The van der Waals surface area contributed by atoms with Gasteiger partial charge in [-0.2, -0.15) is 5.10 Å². The van der Waals surface area contributed by atoms with E-state index in [1.807, 2.05) is 13.0 Å². The molecule has 2 N–H and O–H groups in total. The number of hydrazone groups is 1. The third-order valence-corrected chi connectivity index (χ3v) is 3.28. The molecule has 0 radical (unpaired) electrons. The SMILES string of the molecule is COc1cc(/C=N/NC(=O)COc2cccc(C)c2)c(O)c([N+](=O)[O-])c1. The van der Waals surface area contributed by atoms with Crippen LogP contribution in [-0.2, 0) is 4.79 Å². The Morgan fingerprint density at radius 1 is 1.35 bits per heavy atom. The smallest absolute Gasteiger partial charge is 0.315 e. The zero-order valence-corrected chi connectivity index (χ0v) is 14.1. The Bertz CT molecular complexity index is 850. The van der Waals surface area contributed by atoms with E-state index < -0.39 is 22.3 Å². The van der Waals surface area contributed by atoms with Gasteiger partial charge in [0.2, 0.25) is 5.75 Å². The minimum Gasteiger partial charge on any atom is -0.502 e. The Morgan fingerprint density at radius 3 is 2.77 bits per heavy atom. The number of ether oxygens (including phenoxy) is 2. The molecule has 0 atom stereocenters. The maximum Gasteiger partial charge on any atom is 0.315 e. The fourth-order valence-corrected chi connectivity index (χ4v) is 2.03. The third-order valence-electron chi connectivity index (χ3n) is 3.28. The van der Waals surface area contributed by atoms with E-state index in [0.717, 1.165) is 17.8 Å². The van der Waals surface area contributed by atoms with E-state index in [0.29, 0.717) is 5.75 Å². The van der Waals surface area contributed by atoms with Crippen molar-refractivity contribution in [3.8, 4) is 17.2 Å². The number of nitro benzene ring substituents is 1. The van der Waals surface area contributed by atoms with Crippen molar-refractivity contribution in [3.63, 3.8) is 0 Å². The number of carbonyl (C=O) groups excluding carboxylic acids is 1. The Labute approximate surface area is 149 Å². The van der Waals surface area contributed by atoms with Gasteiger partial charge < -0.3 is 14.6 Å². The van der Waals surface area contributed by atoms with Crippen LogP contribution in [0.5, 0.6) is 17.2 Å². The van der Waals surface area contributed by atoms with Gasteiger partial charge in [-0.3, -0.25) is 14.9 Å². The number of hydrogen-bond donors (Lipinski definition) is 2. The highest BCUT2D eigenvalue weighted by Gasteiger charge is 2.18. The molecule has 0 saturated carbocycles. The monoisotopic (exact) mass is 359 g/mol. The summed E-state index contributed by atoms with van der Waals surface area (Å²) in [4.78, 5) is 21.9. The molecule has 9 heteroatoms. The lowest BCUT2D eigenvalue weighted by Gasteiger charge is -2.06. The first-order valence-electron chi connectivity index (χ1n) is 7.47. The van der Waals surface area contributed by atoms with Gasteiger partial charge in [-0.25, -0.2) is 5.43 Å². The van der Waals surface area contributed by atoms with E-state index in [4.69, 9.17) is 9.47 Å². The second kappa shape index (κ2) is 8.47. The number of nitrogens with one attached hydrogen (secondary N) is 1. The number of nitro groups is 1. The second-order valence-electron chi connectivity index (χ2n) is 5.24. The number of amides is 1. The van der Waals surface area contributed by atoms with Crippen molar-refractivity contribution >= 4 is 17.8 Å². The van der Waals surface area contributed by atoms with E-state index in [9.17, 15) is 20.0 Å². The molecule has 0 fully saturated rings. The molecule has 0 saturated heterocycles. The topological polar surface area (TPSA) is 123 Å². The van der Waals surface area contributed by atoms with Crippen LogP contribution in [0.25, 0.3) is 0 Å². The van der Waals surface area contributed by atoms with Gasteiger partial charge in [0.15, 0.2) is 6.61 Å². The number of carbonyl (C=O) groups is 1. The first kappa shape index (κ1) is 18.7. The highest BCUT2D eigenvalue weighted by atomic mass is 16.6. The zero-order valence-electron chi connectivity index (χ0n) is 14.1. The van der Waals surface area contributed by atoms with Gasteiger partial charge in [0.05, 0.1) is 24.3 Å². The van der Waals surface area contributed by atoms with Gasteiger partial charge in [0.25, 0.3) is 5.91 Å². The molecule has 0 spiro atoms. The number of phenols is 1. The summed E-state index contributed by atoms with van der Waals surface area (Å²) in [7, 11) is 1.33. The van der Waals surface area contributed by atoms with Gasteiger partial charge in [-0.1, -0.05) is 12.1 Å². The summed E-state index contributed by atoms with van der Waals surface area (Å²) in [5.41, 5.74) is 2.71. The van der Waals surface area contributed by atoms with Gasteiger partial charge in [0, 0.05) is 5.56 Å². The molecule has 0 aliphatic heterocycles. The predicted octanol–water partition coefficient (Wildman–Crippen LogP) is 2.15. The molecule has 0 aliphatic carbocycles. The maximum absolute atomic E-state index is 11.7. The van der Waals surface area contributed by atoms with Gasteiger partial charge in [0.1, 0.15) is 11.5 Å². The summed E-state index contributed by atoms with van der Waals surface area (Å²) in [6.07, 6.45) is 1.08. The lowest BCUT2D eigenvalue weighted by Crippen LogP contribution is -2.24.